The summed E-state index contributed by atoms with van der Waals surface area (Å²) in [7, 11) is 0. The van der Waals surface area contributed by atoms with Gasteiger partial charge in [-0.2, -0.15) is 13.2 Å². The van der Waals surface area contributed by atoms with Crippen LogP contribution in [0.15, 0.2) is 97.1 Å². The topological polar surface area (TPSA) is 42.3 Å². The first kappa shape index (κ1) is 26.7. The molecule has 0 unspecified atom stereocenters. The maximum absolute atomic E-state index is 14.3. The van der Waals surface area contributed by atoms with Gasteiger partial charge in [0.2, 0.25) is 0 Å². The van der Waals surface area contributed by atoms with Crippen molar-refractivity contribution in [3.63, 3.8) is 0 Å². The van der Waals surface area contributed by atoms with Gasteiger partial charge in [0.15, 0.2) is 0 Å². The number of hydrogen-bond acceptors (Lipinski definition) is 2. The van der Waals surface area contributed by atoms with Crippen LogP contribution in [-0.2, 0) is 6.18 Å². The number of amides is 2. The van der Waals surface area contributed by atoms with Crippen LogP contribution in [0.1, 0.15) is 43.0 Å². The van der Waals surface area contributed by atoms with E-state index >= 15 is 0 Å². The maximum atomic E-state index is 14.3. The normalized spacial score (nSPS) is 13.4. The van der Waals surface area contributed by atoms with Crippen LogP contribution in [0.2, 0.25) is 0 Å². The molecular weight excluding hydrogens is 549 g/mol. The number of alkyl halides is 3. The monoisotopic (exact) mass is 574 g/mol. The predicted octanol–water partition coefficient (Wildman–Crippen LogP) is 9.20. The van der Waals surface area contributed by atoms with Crippen molar-refractivity contribution in [3.05, 3.63) is 130 Å². The van der Waals surface area contributed by atoms with Gasteiger partial charge < -0.3 is 4.57 Å². The van der Waals surface area contributed by atoms with Crippen LogP contribution in [0.5, 0.6) is 0 Å². The van der Waals surface area contributed by atoms with Gasteiger partial charge in [-0.1, -0.05) is 78.4 Å². The first-order valence-corrected chi connectivity index (χ1v) is 13.9. The molecular formula is C36H25F3N2O2. The molecule has 0 spiro atoms. The quantitative estimate of drug-likeness (QED) is 0.198. The van der Waals surface area contributed by atoms with Gasteiger partial charge in [0, 0.05) is 16.3 Å². The van der Waals surface area contributed by atoms with Gasteiger partial charge in [0.05, 0.1) is 39.1 Å². The lowest BCUT2D eigenvalue weighted by Crippen LogP contribution is -2.31. The highest BCUT2D eigenvalue weighted by Gasteiger charge is 2.41. The molecule has 1 aliphatic heterocycles. The number of benzene rings is 5. The summed E-state index contributed by atoms with van der Waals surface area (Å²) in [6.07, 6.45) is -4.57. The number of imide groups is 1. The first-order chi connectivity index (χ1) is 20.6. The second-order valence-corrected chi connectivity index (χ2v) is 11.0. The van der Waals surface area contributed by atoms with E-state index in [1.54, 1.807) is 36.4 Å². The minimum atomic E-state index is -4.57. The Labute approximate surface area is 245 Å². The second-order valence-electron chi connectivity index (χ2n) is 11.0. The summed E-state index contributed by atoms with van der Waals surface area (Å²) in [6, 6.07) is 27.3. The zero-order valence-electron chi connectivity index (χ0n) is 23.6. The van der Waals surface area contributed by atoms with Crippen LogP contribution in [0.4, 0.5) is 18.9 Å². The Balaban J connectivity index is 1.56. The zero-order valence-corrected chi connectivity index (χ0v) is 23.6. The van der Waals surface area contributed by atoms with E-state index in [9.17, 15) is 22.8 Å². The number of aryl methyl sites for hydroxylation is 3. The summed E-state index contributed by atoms with van der Waals surface area (Å²) in [5.41, 5.74) is 4.97. The SMILES string of the molecule is Cc1cc(C)c(N2C(=O)c3cccc(-n4c5ccccc5c5cccc(-c6ccccc6C(F)(F)F)c54)c3C2=O)c(C)c1. The number of nitrogens with zero attached hydrogens (tertiary/aromatic N) is 2. The van der Waals surface area contributed by atoms with Crippen molar-refractivity contribution in [1.29, 1.82) is 0 Å². The summed E-state index contributed by atoms with van der Waals surface area (Å²) in [4.78, 5) is 29.4. The molecule has 7 rings (SSSR count). The number of carbonyl (C=O) groups excluding carboxylic acids is 2. The highest BCUT2D eigenvalue weighted by Crippen LogP contribution is 2.44. The average Bonchev–Trinajstić information content (AvgIpc) is 3.44. The molecule has 1 aliphatic rings. The summed E-state index contributed by atoms with van der Waals surface area (Å²) >= 11 is 0. The van der Waals surface area contributed by atoms with Crippen molar-refractivity contribution in [1.82, 2.24) is 4.57 Å². The molecule has 6 aromatic rings. The predicted molar refractivity (Wildman–Crippen MR) is 163 cm³/mol. The van der Waals surface area contributed by atoms with E-state index in [1.165, 1.54) is 17.0 Å². The van der Waals surface area contributed by atoms with Crippen molar-refractivity contribution in [2.24, 2.45) is 0 Å². The molecule has 0 saturated carbocycles. The third-order valence-corrected chi connectivity index (χ3v) is 8.21. The Morgan fingerprint density at radius 1 is 0.628 bits per heavy atom. The van der Waals surface area contributed by atoms with Gasteiger partial charge in [0.1, 0.15) is 0 Å². The Hall–Kier alpha value is -5.17. The molecule has 0 aliphatic carbocycles. The number of halogens is 3. The van der Waals surface area contributed by atoms with Gasteiger partial charge in [-0.05, 0) is 61.7 Å². The minimum absolute atomic E-state index is 0.0344. The number of rotatable bonds is 3. The molecule has 0 atom stereocenters. The summed E-state index contributed by atoms with van der Waals surface area (Å²) in [5, 5.41) is 1.56. The van der Waals surface area contributed by atoms with Crippen LogP contribution in [0.25, 0.3) is 38.6 Å². The summed E-state index contributed by atoms with van der Waals surface area (Å²) < 4.78 is 44.5. The lowest BCUT2D eigenvalue weighted by molar-refractivity contribution is -0.137. The molecule has 0 N–H and O–H groups in total. The van der Waals surface area contributed by atoms with Gasteiger partial charge in [-0.25, -0.2) is 4.90 Å². The van der Waals surface area contributed by atoms with Gasteiger partial charge in [-0.3, -0.25) is 9.59 Å². The van der Waals surface area contributed by atoms with Gasteiger partial charge in [0.25, 0.3) is 11.8 Å². The molecule has 2 heterocycles. The van der Waals surface area contributed by atoms with E-state index in [1.807, 2.05) is 67.8 Å². The fourth-order valence-electron chi connectivity index (χ4n) is 6.63. The van der Waals surface area contributed by atoms with E-state index in [-0.39, 0.29) is 16.7 Å². The van der Waals surface area contributed by atoms with E-state index < -0.39 is 23.6 Å². The molecule has 0 saturated heterocycles. The third-order valence-electron chi connectivity index (χ3n) is 8.21. The van der Waals surface area contributed by atoms with E-state index in [0.29, 0.717) is 28.0 Å². The van der Waals surface area contributed by atoms with Crippen molar-refractivity contribution < 1.29 is 22.8 Å². The average molecular weight is 575 g/mol. The van der Waals surface area contributed by atoms with Crippen LogP contribution < -0.4 is 4.90 Å². The van der Waals surface area contributed by atoms with Crippen LogP contribution >= 0.6 is 0 Å². The number of hydrogen-bond donors (Lipinski definition) is 0. The van der Waals surface area contributed by atoms with Gasteiger partial charge in [-0.15, -0.1) is 0 Å². The number of carbonyl (C=O) groups is 2. The molecule has 5 aromatic carbocycles. The second kappa shape index (κ2) is 9.42. The minimum Gasteiger partial charge on any atom is -0.308 e. The Kier molecular flexibility index (Phi) is 5.85. The highest BCUT2D eigenvalue weighted by atomic mass is 19.4. The fraction of sp³-hybridized carbons (Fsp3) is 0.111. The zero-order chi connectivity index (χ0) is 30.2. The lowest BCUT2D eigenvalue weighted by atomic mass is 9.97. The number of anilines is 1. The summed E-state index contributed by atoms with van der Waals surface area (Å²) in [6.45, 7) is 5.70. The Morgan fingerprint density at radius 2 is 1.23 bits per heavy atom. The molecule has 7 heteroatoms. The molecule has 0 radical (unpaired) electrons. The number of para-hydroxylation sites is 2. The standard InChI is InChI=1S/C36H25F3N2O2/c1-20-18-21(2)32(22(3)19-20)41-34(42)27-14-9-17-30(31(27)35(41)43)40-29-16-7-5-11-24(29)26-13-8-12-25(33(26)40)23-10-4-6-15-28(23)36(37,38)39/h4-19H,1-3H3. The molecule has 0 fully saturated rings. The molecule has 2 amide bonds. The maximum Gasteiger partial charge on any atom is 0.417 e. The van der Waals surface area contributed by atoms with E-state index in [0.717, 1.165) is 33.5 Å². The molecule has 1 aromatic heterocycles. The van der Waals surface area contributed by atoms with Crippen molar-refractivity contribution in [2.75, 3.05) is 4.90 Å². The van der Waals surface area contributed by atoms with E-state index in [4.69, 9.17) is 0 Å². The molecule has 212 valence electrons. The van der Waals surface area contributed by atoms with E-state index in [2.05, 4.69) is 0 Å². The van der Waals surface area contributed by atoms with Crippen molar-refractivity contribution >= 4 is 39.3 Å². The van der Waals surface area contributed by atoms with Crippen LogP contribution in [0.3, 0.4) is 0 Å². The third kappa shape index (κ3) is 3.91. The Morgan fingerprint density at radius 3 is 1.98 bits per heavy atom. The highest BCUT2D eigenvalue weighted by molar-refractivity contribution is 6.36. The fourth-order valence-corrected chi connectivity index (χ4v) is 6.63. The number of fused-ring (bicyclic) bond motifs is 4. The van der Waals surface area contributed by atoms with Crippen molar-refractivity contribution in [3.8, 4) is 16.8 Å². The lowest BCUT2D eigenvalue weighted by Gasteiger charge is -2.20. The number of aromatic nitrogens is 1. The Bertz CT molecular complexity index is 2130. The first-order valence-electron chi connectivity index (χ1n) is 13.9. The summed E-state index contributed by atoms with van der Waals surface area (Å²) in [5.74, 6) is -0.898. The molecule has 4 nitrogen and oxygen atoms in total. The molecule has 43 heavy (non-hydrogen) atoms. The van der Waals surface area contributed by atoms with Crippen LogP contribution in [0, 0.1) is 20.8 Å². The molecule has 0 bridgehead atoms. The largest absolute Gasteiger partial charge is 0.417 e. The van der Waals surface area contributed by atoms with Gasteiger partial charge >= 0.3 is 6.18 Å². The smallest absolute Gasteiger partial charge is 0.308 e. The van der Waals surface area contributed by atoms with Crippen molar-refractivity contribution in [2.45, 2.75) is 26.9 Å². The van der Waals surface area contributed by atoms with Crippen LogP contribution in [-0.4, -0.2) is 16.4 Å².